The van der Waals surface area contributed by atoms with Crippen LogP contribution in [0.15, 0.2) is 22.7 Å². The highest BCUT2D eigenvalue weighted by molar-refractivity contribution is 9.10. The van der Waals surface area contributed by atoms with Gasteiger partial charge >= 0.3 is 0 Å². The number of hydrogen-bond donors (Lipinski definition) is 2. The van der Waals surface area contributed by atoms with Crippen molar-refractivity contribution in [3.05, 3.63) is 32.8 Å². The van der Waals surface area contributed by atoms with E-state index in [1.807, 2.05) is 6.92 Å². The molecule has 3 N–H and O–H groups in total. The van der Waals surface area contributed by atoms with Gasteiger partial charge in [0.25, 0.3) is 5.69 Å². The van der Waals surface area contributed by atoms with Crippen molar-refractivity contribution in [2.45, 2.75) is 19.8 Å². The van der Waals surface area contributed by atoms with Crippen molar-refractivity contribution in [1.29, 1.82) is 0 Å². The van der Waals surface area contributed by atoms with Crippen molar-refractivity contribution in [3.63, 3.8) is 0 Å². The molecule has 0 saturated carbocycles. The Morgan fingerprint density at radius 2 is 2.26 bits per heavy atom. The highest BCUT2D eigenvalue weighted by Gasteiger charge is 2.17. The summed E-state index contributed by atoms with van der Waals surface area (Å²) >= 11 is 3.10. The van der Waals surface area contributed by atoms with Gasteiger partial charge in [-0.05, 0) is 34.5 Å². The molecular weight excluding hydrogens is 314 g/mol. The largest absolute Gasteiger partial charge is 0.330 e. The molecule has 0 heterocycles. The number of carbonyl (C=O) groups is 1. The maximum atomic E-state index is 11.9. The third kappa shape index (κ3) is 4.29. The van der Waals surface area contributed by atoms with Gasteiger partial charge in [0, 0.05) is 18.3 Å². The predicted molar refractivity (Wildman–Crippen MR) is 76.9 cm³/mol. The summed E-state index contributed by atoms with van der Waals surface area (Å²) in [6.07, 6.45) is 1.59. The van der Waals surface area contributed by atoms with Gasteiger partial charge in [0.15, 0.2) is 0 Å². The molecule has 7 heteroatoms. The van der Waals surface area contributed by atoms with E-state index < -0.39 is 4.92 Å². The molecule has 0 aromatic heterocycles. The van der Waals surface area contributed by atoms with E-state index in [1.165, 1.54) is 18.2 Å². The van der Waals surface area contributed by atoms with Crippen molar-refractivity contribution in [1.82, 2.24) is 0 Å². The van der Waals surface area contributed by atoms with E-state index in [-0.39, 0.29) is 24.1 Å². The number of nitro benzene ring substituents is 1. The summed E-state index contributed by atoms with van der Waals surface area (Å²) in [5.74, 6) is -0.399. The second-order valence-electron chi connectivity index (χ2n) is 4.13. The lowest BCUT2D eigenvalue weighted by molar-refractivity contribution is -0.385. The third-order valence-electron chi connectivity index (χ3n) is 2.70. The molecule has 19 heavy (non-hydrogen) atoms. The fourth-order valence-electron chi connectivity index (χ4n) is 1.68. The number of nitro groups is 1. The maximum absolute atomic E-state index is 11.9. The van der Waals surface area contributed by atoms with Crippen LogP contribution in [0.2, 0.25) is 0 Å². The number of rotatable bonds is 6. The standard InChI is InChI=1S/C12H16BrN3O3/c1-2-3-8(7-14)12(17)15-9-4-5-11(16(18)19)10(13)6-9/h4-6,8H,2-3,7,14H2,1H3,(H,15,17). The van der Waals surface area contributed by atoms with Crippen LogP contribution in [0.5, 0.6) is 0 Å². The second kappa shape index (κ2) is 7.20. The predicted octanol–water partition coefficient (Wildman–Crippen LogP) is 2.67. The number of hydrogen-bond acceptors (Lipinski definition) is 4. The summed E-state index contributed by atoms with van der Waals surface area (Å²) in [7, 11) is 0. The molecule has 1 rings (SSSR count). The number of benzene rings is 1. The molecule has 0 spiro atoms. The maximum Gasteiger partial charge on any atom is 0.283 e. The Labute approximate surface area is 119 Å². The average Bonchev–Trinajstić information content (AvgIpc) is 2.35. The first-order valence-corrected chi connectivity index (χ1v) is 6.73. The first-order valence-electron chi connectivity index (χ1n) is 5.94. The summed E-state index contributed by atoms with van der Waals surface area (Å²) < 4.78 is 0.329. The number of amides is 1. The second-order valence-corrected chi connectivity index (χ2v) is 4.99. The molecule has 104 valence electrons. The molecule has 1 atom stereocenters. The fourth-order valence-corrected chi connectivity index (χ4v) is 2.21. The van der Waals surface area contributed by atoms with Gasteiger partial charge in [0.05, 0.1) is 15.3 Å². The first kappa shape index (κ1) is 15.6. The van der Waals surface area contributed by atoms with E-state index in [9.17, 15) is 14.9 Å². The molecule has 1 aromatic rings. The number of carbonyl (C=O) groups excluding carboxylic acids is 1. The van der Waals surface area contributed by atoms with Crippen LogP contribution in [-0.4, -0.2) is 17.4 Å². The molecule has 1 aromatic carbocycles. The van der Waals surface area contributed by atoms with Crippen molar-refractivity contribution < 1.29 is 9.72 Å². The van der Waals surface area contributed by atoms with Crippen LogP contribution < -0.4 is 11.1 Å². The number of halogens is 1. The van der Waals surface area contributed by atoms with E-state index in [0.29, 0.717) is 10.2 Å². The van der Waals surface area contributed by atoms with Gasteiger partial charge < -0.3 is 11.1 Å². The van der Waals surface area contributed by atoms with Gasteiger partial charge in [0.1, 0.15) is 0 Å². The van der Waals surface area contributed by atoms with E-state index in [2.05, 4.69) is 21.2 Å². The summed E-state index contributed by atoms with van der Waals surface area (Å²) in [4.78, 5) is 22.1. The smallest absolute Gasteiger partial charge is 0.283 e. The van der Waals surface area contributed by atoms with E-state index >= 15 is 0 Å². The Hall–Kier alpha value is -1.47. The minimum atomic E-state index is -0.491. The van der Waals surface area contributed by atoms with Gasteiger partial charge in [-0.3, -0.25) is 14.9 Å². The Balaban J connectivity index is 2.80. The van der Waals surface area contributed by atoms with Crippen LogP contribution >= 0.6 is 15.9 Å². The lowest BCUT2D eigenvalue weighted by Gasteiger charge is -2.14. The van der Waals surface area contributed by atoms with Crippen LogP contribution in [-0.2, 0) is 4.79 Å². The Bertz CT molecular complexity index is 479. The van der Waals surface area contributed by atoms with E-state index in [1.54, 1.807) is 0 Å². The lowest BCUT2D eigenvalue weighted by Crippen LogP contribution is -2.29. The molecule has 6 nitrogen and oxygen atoms in total. The van der Waals surface area contributed by atoms with Crippen LogP contribution in [0.1, 0.15) is 19.8 Å². The van der Waals surface area contributed by atoms with Gasteiger partial charge in [-0.15, -0.1) is 0 Å². The lowest BCUT2D eigenvalue weighted by atomic mass is 10.0. The highest BCUT2D eigenvalue weighted by Crippen LogP contribution is 2.27. The first-order chi connectivity index (χ1) is 8.99. The van der Waals surface area contributed by atoms with Crippen molar-refractivity contribution >= 4 is 33.2 Å². The van der Waals surface area contributed by atoms with Crippen LogP contribution in [0.4, 0.5) is 11.4 Å². The molecule has 0 bridgehead atoms. The Morgan fingerprint density at radius 3 is 2.74 bits per heavy atom. The van der Waals surface area contributed by atoms with Gasteiger partial charge in [-0.1, -0.05) is 13.3 Å². The SMILES string of the molecule is CCCC(CN)C(=O)Nc1ccc([N+](=O)[O-])c(Br)c1. The third-order valence-corrected chi connectivity index (χ3v) is 3.34. The van der Waals surface area contributed by atoms with E-state index in [4.69, 9.17) is 5.73 Å². The Morgan fingerprint density at radius 1 is 1.58 bits per heavy atom. The fraction of sp³-hybridized carbons (Fsp3) is 0.417. The number of nitrogens with one attached hydrogen (secondary N) is 1. The minimum absolute atomic E-state index is 0.0399. The van der Waals surface area contributed by atoms with E-state index in [0.717, 1.165) is 12.8 Å². The molecule has 0 aliphatic heterocycles. The van der Waals surface area contributed by atoms with Crippen LogP contribution in [0.25, 0.3) is 0 Å². The molecule has 1 amide bonds. The molecular formula is C12H16BrN3O3. The molecule has 0 aliphatic rings. The summed E-state index contributed by atoms with van der Waals surface area (Å²) in [6, 6.07) is 4.35. The van der Waals surface area contributed by atoms with Gasteiger partial charge in [0.2, 0.25) is 5.91 Å². The normalized spacial score (nSPS) is 11.9. The zero-order chi connectivity index (χ0) is 14.4. The topological polar surface area (TPSA) is 98.3 Å². The van der Waals surface area contributed by atoms with Crippen molar-refractivity contribution in [3.8, 4) is 0 Å². The van der Waals surface area contributed by atoms with Gasteiger partial charge in [-0.25, -0.2) is 0 Å². The van der Waals surface area contributed by atoms with Crippen molar-refractivity contribution in [2.75, 3.05) is 11.9 Å². The average molecular weight is 330 g/mol. The number of nitrogens with zero attached hydrogens (tertiary/aromatic N) is 1. The molecule has 1 unspecified atom stereocenters. The quantitative estimate of drug-likeness (QED) is 0.619. The molecule has 0 radical (unpaired) electrons. The molecule has 0 fully saturated rings. The van der Waals surface area contributed by atoms with Crippen LogP contribution in [0.3, 0.4) is 0 Å². The molecule has 0 aliphatic carbocycles. The van der Waals surface area contributed by atoms with Crippen LogP contribution in [0, 0.1) is 16.0 Å². The Kier molecular flexibility index (Phi) is 5.91. The van der Waals surface area contributed by atoms with Gasteiger partial charge in [-0.2, -0.15) is 0 Å². The number of anilines is 1. The highest BCUT2D eigenvalue weighted by atomic mass is 79.9. The zero-order valence-electron chi connectivity index (χ0n) is 10.6. The van der Waals surface area contributed by atoms with Crippen molar-refractivity contribution in [2.24, 2.45) is 11.7 Å². The summed E-state index contributed by atoms with van der Waals surface area (Å²) in [5, 5.41) is 13.4. The minimum Gasteiger partial charge on any atom is -0.330 e. The monoisotopic (exact) mass is 329 g/mol. The summed E-state index contributed by atoms with van der Waals surface area (Å²) in [6.45, 7) is 2.27. The zero-order valence-corrected chi connectivity index (χ0v) is 12.1. The number of nitrogens with two attached hydrogens (primary N) is 1. The summed E-state index contributed by atoms with van der Waals surface area (Å²) in [5.41, 5.74) is 6.02. The molecule has 0 saturated heterocycles.